The average molecular weight is 271 g/mol. The summed E-state index contributed by atoms with van der Waals surface area (Å²) in [5.41, 5.74) is 1.62. The second-order valence-electron chi connectivity index (χ2n) is 4.50. The number of hydrogen-bond donors (Lipinski definition) is 2. The zero-order chi connectivity index (χ0) is 14.4. The summed E-state index contributed by atoms with van der Waals surface area (Å²) in [6.07, 6.45) is 0.241. The van der Waals surface area contributed by atoms with Crippen LogP contribution in [0.1, 0.15) is 12.6 Å². The second-order valence-corrected chi connectivity index (χ2v) is 4.50. The molecule has 0 saturated heterocycles. The van der Waals surface area contributed by atoms with Gasteiger partial charge in [-0.3, -0.25) is 14.6 Å². The summed E-state index contributed by atoms with van der Waals surface area (Å²) >= 11 is 0. The Morgan fingerprint density at radius 3 is 2.60 bits per heavy atom. The molecule has 104 valence electrons. The number of fused-ring (bicyclic) bond motifs is 1. The van der Waals surface area contributed by atoms with Gasteiger partial charge in [0.25, 0.3) is 0 Å². The number of carbonyl (C=O) groups excluding carboxylic acids is 2. The molecule has 2 amide bonds. The molecular formula is C15H17N3O2. The maximum absolute atomic E-state index is 11.7. The van der Waals surface area contributed by atoms with E-state index in [0.717, 1.165) is 16.6 Å². The Labute approximate surface area is 117 Å². The topological polar surface area (TPSA) is 71.1 Å². The summed E-state index contributed by atoms with van der Waals surface area (Å²) < 4.78 is 0. The van der Waals surface area contributed by atoms with Gasteiger partial charge in [-0.05, 0) is 12.1 Å². The van der Waals surface area contributed by atoms with Crippen molar-refractivity contribution in [2.75, 3.05) is 13.1 Å². The van der Waals surface area contributed by atoms with E-state index in [1.54, 1.807) is 0 Å². The average Bonchev–Trinajstić information content (AvgIpc) is 2.43. The maximum atomic E-state index is 11.7. The van der Waals surface area contributed by atoms with Gasteiger partial charge in [0.05, 0.1) is 17.6 Å². The van der Waals surface area contributed by atoms with Gasteiger partial charge < -0.3 is 10.6 Å². The Morgan fingerprint density at radius 2 is 1.80 bits per heavy atom. The zero-order valence-corrected chi connectivity index (χ0v) is 11.3. The van der Waals surface area contributed by atoms with Gasteiger partial charge >= 0.3 is 0 Å². The highest BCUT2D eigenvalue weighted by Gasteiger charge is 2.05. The van der Waals surface area contributed by atoms with Crippen LogP contribution in [0.2, 0.25) is 0 Å². The molecule has 0 fully saturated rings. The Balaban J connectivity index is 1.88. The summed E-state index contributed by atoms with van der Waals surface area (Å²) in [6, 6.07) is 11.6. The molecule has 1 heterocycles. The van der Waals surface area contributed by atoms with Gasteiger partial charge in [0.15, 0.2) is 0 Å². The number of benzene rings is 1. The first-order valence-electron chi connectivity index (χ1n) is 6.51. The van der Waals surface area contributed by atoms with E-state index in [4.69, 9.17) is 0 Å². The van der Waals surface area contributed by atoms with Crippen LogP contribution in [0.3, 0.4) is 0 Å². The fourth-order valence-corrected chi connectivity index (χ4v) is 1.87. The number of nitrogens with zero attached hydrogens (tertiary/aromatic N) is 1. The van der Waals surface area contributed by atoms with Crippen molar-refractivity contribution in [3.8, 4) is 0 Å². The van der Waals surface area contributed by atoms with Gasteiger partial charge in [-0.15, -0.1) is 0 Å². The predicted octanol–water partition coefficient (Wildman–Crippen LogP) is 1.03. The summed E-state index contributed by atoms with van der Waals surface area (Å²) in [4.78, 5) is 26.8. The van der Waals surface area contributed by atoms with Crippen molar-refractivity contribution in [3.63, 3.8) is 0 Å². The number of amides is 2. The minimum atomic E-state index is -0.101. The van der Waals surface area contributed by atoms with E-state index in [2.05, 4.69) is 15.6 Å². The molecule has 0 radical (unpaired) electrons. The molecule has 0 aliphatic carbocycles. The van der Waals surface area contributed by atoms with Gasteiger partial charge in [-0.2, -0.15) is 0 Å². The summed E-state index contributed by atoms with van der Waals surface area (Å²) in [6.45, 7) is 2.30. The van der Waals surface area contributed by atoms with Crippen LogP contribution in [0.5, 0.6) is 0 Å². The molecule has 1 aromatic heterocycles. The normalized spacial score (nSPS) is 10.2. The Morgan fingerprint density at radius 1 is 1.05 bits per heavy atom. The van der Waals surface area contributed by atoms with Crippen LogP contribution in [0.25, 0.3) is 10.9 Å². The van der Waals surface area contributed by atoms with Crippen molar-refractivity contribution in [1.29, 1.82) is 0 Å². The fourth-order valence-electron chi connectivity index (χ4n) is 1.87. The molecule has 0 spiro atoms. The summed E-state index contributed by atoms with van der Waals surface area (Å²) in [7, 11) is 0. The van der Waals surface area contributed by atoms with E-state index < -0.39 is 0 Å². The Kier molecular flexibility index (Phi) is 4.65. The number of para-hydroxylation sites is 1. The van der Waals surface area contributed by atoms with Crippen LogP contribution in [-0.4, -0.2) is 29.9 Å². The SMILES string of the molecule is CC(=O)NCCNC(=O)Cc1ccc2ccccc2n1. The van der Waals surface area contributed by atoms with Crippen molar-refractivity contribution in [2.45, 2.75) is 13.3 Å². The number of nitrogens with one attached hydrogen (secondary N) is 2. The standard InChI is InChI=1S/C15H17N3O2/c1-11(19)16-8-9-17-15(20)10-13-7-6-12-4-2-3-5-14(12)18-13/h2-7H,8-10H2,1H3,(H,16,19)(H,17,20). The number of hydrogen-bond acceptors (Lipinski definition) is 3. The number of rotatable bonds is 5. The Hall–Kier alpha value is -2.43. The molecule has 20 heavy (non-hydrogen) atoms. The number of carbonyl (C=O) groups is 2. The lowest BCUT2D eigenvalue weighted by molar-refractivity contribution is -0.121. The van der Waals surface area contributed by atoms with Crippen LogP contribution in [0.15, 0.2) is 36.4 Å². The molecule has 5 nitrogen and oxygen atoms in total. The molecule has 2 aromatic rings. The van der Waals surface area contributed by atoms with Crippen molar-refractivity contribution < 1.29 is 9.59 Å². The molecule has 0 bridgehead atoms. The number of pyridine rings is 1. The quantitative estimate of drug-likeness (QED) is 0.798. The van der Waals surface area contributed by atoms with Crippen molar-refractivity contribution in [1.82, 2.24) is 15.6 Å². The molecule has 5 heteroatoms. The van der Waals surface area contributed by atoms with Gasteiger partial charge in [0.2, 0.25) is 11.8 Å². The van der Waals surface area contributed by atoms with E-state index in [9.17, 15) is 9.59 Å². The third-order valence-electron chi connectivity index (χ3n) is 2.82. The highest BCUT2D eigenvalue weighted by molar-refractivity contribution is 5.81. The fraction of sp³-hybridized carbons (Fsp3) is 0.267. The van der Waals surface area contributed by atoms with Crippen LogP contribution in [0, 0.1) is 0 Å². The van der Waals surface area contributed by atoms with Crippen LogP contribution in [0.4, 0.5) is 0 Å². The summed E-state index contributed by atoms with van der Waals surface area (Å²) in [5, 5.41) is 6.42. The van der Waals surface area contributed by atoms with Gasteiger partial charge in [0, 0.05) is 25.4 Å². The van der Waals surface area contributed by atoms with Crippen LogP contribution in [-0.2, 0) is 16.0 Å². The highest BCUT2D eigenvalue weighted by atomic mass is 16.2. The molecule has 0 unspecified atom stereocenters. The lowest BCUT2D eigenvalue weighted by Gasteiger charge is -2.06. The monoisotopic (exact) mass is 271 g/mol. The number of aromatic nitrogens is 1. The van der Waals surface area contributed by atoms with Crippen molar-refractivity contribution in [2.24, 2.45) is 0 Å². The van der Waals surface area contributed by atoms with E-state index in [-0.39, 0.29) is 18.2 Å². The second kappa shape index (κ2) is 6.65. The van der Waals surface area contributed by atoms with Gasteiger partial charge in [-0.1, -0.05) is 24.3 Å². The van der Waals surface area contributed by atoms with Crippen molar-refractivity contribution in [3.05, 3.63) is 42.1 Å². The molecule has 2 N–H and O–H groups in total. The molecule has 0 aliphatic rings. The minimum absolute atomic E-state index is 0.0990. The van der Waals surface area contributed by atoms with Crippen molar-refractivity contribution >= 4 is 22.7 Å². The molecular weight excluding hydrogens is 254 g/mol. The zero-order valence-electron chi connectivity index (χ0n) is 11.3. The van der Waals surface area contributed by atoms with E-state index >= 15 is 0 Å². The van der Waals surface area contributed by atoms with E-state index in [1.165, 1.54) is 6.92 Å². The van der Waals surface area contributed by atoms with Crippen LogP contribution >= 0.6 is 0 Å². The third kappa shape index (κ3) is 4.05. The maximum Gasteiger partial charge on any atom is 0.226 e. The molecule has 0 saturated carbocycles. The molecule has 2 rings (SSSR count). The Bertz CT molecular complexity index is 625. The lowest BCUT2D eigenvalue weighted by Crippen LogP contribution is -2.34. The first kappa shape index (κ1) is 14.0. The highest BCUT2D eigenvalue weighted by Crippen LogP contribution is 2.11. The largest absolute Gasteiger partial charge is 0.355 e. The predicted molar refractivity (Wildman–Crippen MR) is 77.1 cm³/mol. The first-order chi connectivity index (χ1) is 9.65. The first-order valence-corrected chi connectivity index (χ1v) is 6.51. The third-order valence-corrected chi connectivity index (χ3v) is 2.82. The molecule has 0 atom stereocenters. The van der Waals surface area contributed by atoms with Gasteiger partial charge in [0.1, 0.15) is 0 Å². The smallest absolute Gasteiger partial charge is 0.226 e. The molecule has 1 aromatic carbocycles. The van der Waals surface area contributed by atoms with Gasteiger partial charge in [-0.25, -0.2) is 0 Å². The minimum Gasteiger partial charge on any atom is -0.355 e. The summed E-state index contributed by atoms with van der Waals surface area (Å²) in [5.74, 6) is -0.200. The van der Waals surface area contributed by atoms with E-state index in [0.29, 0.717) is 13.1 Å². The van der Waals surface area contributed by atoms with E-state index in [1.807, 2.05) is 36.4 Å². The lowest BCUT2D eigenvalue weighted by atomic mass is 10.2. The molecule has 0 aliphatic heterocycles. The van der Waals surface area contributed by atoms with Crippen LogP contribution < -0.4 is 10.6 Å².